The first-order valence-electron chi connectivity index (χ1n) is 8.00. The maximum atomic E-state index is 13.2. The van der Waals surface area contributed by atoms with Crippen molar-refractivity contribution in [3.05, 3.63) is 23.4 Å². The molecule has 0 amide bonds. The fourth-order valence-corrected chi connectivity index (χ4v) is 3.89. The van der Waals surface area contributed by atoms with Crippen LogP contribution in [-0.2, 0) is 0 Å². The van der Waals surface area contributed by atoms with Gasteiger partial charge in [0, 0.05) is 24.2 Å². The number of hydrogen-bond donors (Lipinski definition) is 1. The molecule has 0 aromatic carbocycles. The Balaban J connectivity index is 2.34. The summed E-state index contributed by atoms with van der Waals surface area (Å²) in [7, 11) is 0. The lowest BCUT2D eigenvalue weighted by Gasteiger charge is -2.40. The van der Waals surface area contributed by atoms with Gasteiger partial charge < -0.3 is 10.0 Å². The van der Waals surface area contributed by atoms with E-state index in [2.05, 4.69) is 0 Å². The summed E-state index contributed by atoms with van der Waals surface area (Å²) in [6.45, 7) is 6.40. The molecule has 3 nitrogen and oxygen atoms in total. The molecular formula is C17H23F3N2O. The second-order valence-electron chi connectivity index (χ2n) is 6.78. The lowest BCUT2D eigenvalue weighted by molar-refractivity contribution is -0.164. The molecule has 0 aromatic heterocycles. The number of nitriles is 1. The summed E-state index contributed by atoms with van der Waals surface area (Å²) in [4.78, 5) is 1.91. The number of nitrogens with zero attached hydrogens (tertiary/aromatic N) is 2. The molecule has 23 heavy (non-hydrogen) atoms. The highest BCUT2D eigenvalue weighted by Crippen LogP contribution is 2.44. The molecule has 0 aromatic rings. The summed E-state index contributed by atoms with van der Waals surface area (Å²) in [5, 5.41) is 19.7. The van der Waals surface area contributed by atoms with Gasteiger partial charge in [-0.3, -0.25) is 0 Å². The van der Waals surface area contributed by atoms with E-state index in [9.17, 15) is 18.3 Å². The quantitative estimate of drug-likeness (QED) is 0.858. The zero-order chi connectivity index (χ0) is 17.4. The van der Waals surface area contributed by atoms with Crippen LogP contribution in [0.1, 0.15) is 40.0 Å². The number of hydrogen-bond acceptors (Lipinski definition) is 3. The minimum Gasteiger partial charge on any atom is -0.388 e. The van der Waals surface area contributed by atoms with Gasteiger partial charge >= 0.3 is 6.18 Å². The summed E-state index contributed by atoms with van der Waals surface area (Å²) >= 11 is 0. The number of alkyl halides is 3. The topological polar surface area (TPSA) is 47.3 Å². The van der Waals surface area contributed by atoms with E-state index in [-0.39, 0.29) is 24.0 Å². The van der Waals surface area contributed by atoms with Gasteiger partial charge in [-0.15, -0.1) is 0 Å². The van der Waals surface area contributed by atoms with Gasteiger partial charge in [-0.25, -0.2) is 0 Å². The molecule has 1 N–H and O–H groups in total. The van der Waals surface area contributed by atoms with Crippen molar-refractivity contribution in [3.63, 3.8) is 0 Å². The Kier molecular flexibility index (Phi) is 4.81. The molecule has 0 spiro atoms. The van der Waals surface area contributed by atoms with Gasteiger partial charge in [0.25, 0.3) is 0 Å². The summed E-state index contributed by atoms with van der Waals surface area (Å²) in [5.74, 6) is -1.63. The second kappa shape index (κ2) is 6.20. The SMILES string of the molecule is CC[C@]1(O)CCN(C2=CC=C(C#N)C(C(F)(F)F)C2)[C@H]1C(C)C. The third-order valence-electron chi connectivity index (χ3n) is 5.05. The molecular weight excluding hydrogens is 305 g/mol. The average molecular weight is 328 g/mol. The van der Waals surface area contributed by atoms with Crippen molar-refractivity contribution in [1.29, 1.82) is 5.26 Å². The molecule has 2 aliphatic rings. The van der Waals surface area contributed by atoms with E-state index in [0.717, 1.165) is 0 Å². The zero-order valence-electron chi connectivity index (χ0n) is 13.7. The van der Waals surface area contributed by atoms with E-state index >= 15 is 0 Å². The minimum atomic E-state index is -4.44. The summed E-state index contributed by atoms with van der Waals surface area (Å²) in [5.41, 5.74) is -0.552. The van der Waals surface area contributed by atoms with Crippen molar-refractivity contribution in [1.82, 2.24) is 4.90 Å². The highest BCUT2D eigenvalue weighted by atomic mass is 19.4. The first-order chi connectivity index (χ1) is 10.6. The number of likely N-dealkylation sites (tertiary alicyclic amines) is 1. The van der Waals surface area contributed by atoms with Crippen LogP contribution in [0.4, 0.5) is 13.2 Å². The third-order valence-corrected chi connectivity index (χ3v) is 5.05. The van der Waals surface area contributed by atoms with E-state index in [1.807, 2.05) is 25.7 Å². The normalized spacial score (nSPS) is 31.9. The van der Waals surface area contributed by atoms with Gasteiger partial charge in [0.1, 0.15) is 0 Å². The van der Waals surface area contributed by atoms with Crippen LogP contribution < -0.4 is 0 Å². The lowest BCUT2D eigenvalue weighted by atomic mass is 9.83. The van der Waals surface area contributed by atoms with Crippen LogP contribution in [0.5, 0.6) is 0 Å². The molecule has 1 aliphatic heterocycles. The second-order valence-corrected chi connectivity index (χ2v) is 6.78. The maximum Gasteiger partial charge on any atom is 0.396 e. The number of allylic oxidation sites excluding steroid dienone is 4. The third kappa shape index (κ3) is 3.25. The highest BCUT2D eigenvalue weighted by molar-refractivity contribution is 5.36. The molecule has 1 heterocycles. The van der Waals surface area contributed by atoms with Crippen LogP contribution in [0.15, 0.2) is 23.4 Å². The van der Waals surface area contributed by atoms with Crippen molar-refractivity contribution in [3.8, 4) is 6.07 Å². The first kappa shape index (κ1) is 17.9. The number of rotatable bonds is 3. The Morgan fingerprint density at radius 3 is 2.57 bits per heavy atom. The summed E-state index contributed by atoms with van der Waals surface area (Å²) in [6.07, 6.45) is -0.660. The van der Waals surface area contributed by atoms with Gasteiger partial charge in [0.15, 0.2) is 0 Å². The van der Waals surface area contributed by atoms with Crippen LogP contribution in [0.3, 0.4) is 0 Å². The van der Waals surface area contributed by atoms with E-state index in [4.69, 9.17) is 5.26 Å². The van der Waals surface area contributed by atoms with Crippen LogP contribution in [0.25, 0.3) is 0 Å². The van der Waals surface area contributed by atoms with Crippen LogP contribution in [0.2, 0.25) is 0 Å². The number of aliphatic hydroxyl groups is 1. The zero-order valence-corrected chi connectivity index (χ0v) is 13.7. The van der Waals surface area contributed by atoms with E-state index in [1.54, 1.807) is 12.1 Å². The maximum absolute atomic E-state index is 13.2. The molecule has 3 atom stereocenters. The van der Waals surface area contributed by atoms with Crippen LogP contribution in [-0.4, -0.2) is 34.4 Å². The van der Waals surface area contributed by atoms with Crippen molar-refractivity contribution < 1.29 is 18.3 Å². The Labute approximate surface area is 135 Å². The van der Waals surface area contributed by atoms with Crippen LogP contribution in [0, 0.1) is 23.2 Å². The van der Waals surface area contributed by atoms with E-state index < -0.39 is 17.7 Å². The van der Waals surface area contributed by atoms with Gasteiger partial charge in [0.05, 0.1) is 23.6 Å². The molecule has 1 saturated heterocycles. The average Bonchev–Trinajstić information content (AvgIpc) is 2.84. The smallest absolute Gasteiger partial charge is 0.388 e. The van der Waals surface area contributed by atoms with Crippen molar-refractivity contribution in [2.75, 3.05) is 6.54 Å². The van der Waals surface area contributed by atoms with Crippen molar-refractivity contribution in [2.45, 2.75) is 57.9 Å². The van der Waals surface area contributed by atoms with Gasteiger partial charge in [0.2, 0.25) is 0 Å². The number of halogens is 3. The van der Waals surface area contributed by atoms with Gasteiger partial charge in [-0.1, -0.05) is 20.8 Å². The molecule has 0 radical (unpaired) electrons. The van der Waals surface area contributed by atoms with Crippen molar-refractivity contribution in [2.24, 2.45) is 11.8 Å². The molecule has 0 saturated carbocycles. The molecule has 1 aliphatic carbocycles. The lowest BCUT2D eigenvalue weighted by Crippen LogP contribution is -2.48. The van der Waals surface area contributed by atoms with Crippen LogP contribution >= 0.6 is 0 Å². The fraction of sp³-hybridized carbons (Fsp3) is 0.706. The standard InChI is InChI=1S/C17H23F3N2O/c1-4-16(23)7-8-22(15(16)11(2)3)13-6-5-12(10-21)14(9-13)17(18,19)20/h5-6,11,14-15,23H,4,7-9H2,1-3H3/t14?,15-,16-/m0/s1. The Hall–Kier alpha value is -1.48. The minimum absolute atomic E-state index is 0.119. The Morgan fingerprint density at radius 1 is 1.43 bits per heavy atom. The van der Waals surface area contributed by atoms with Gasteiger partial charge in [-0.2, -0.15) is 18.4 Å². The monoisotopic (exact) mass is 328 g/mol. The molecule has 2 rings (SSSR count). The molecule has 128 valence electrons. The first-order valence-corrected chi connectivity index (χ1v) is 8.00. The van der Waals surface area contributed by atoms with Gasteiger partial charge in [-0.05, 0) is 30.9 Å². The summed E-state index contributed by atoms with van der Waals surface area (Å²) < 4.78 is 39.7. The Morgan fingerprint density at radius 2 is 2.09 bits per heavy atom. The highest BCUT2D eigenvalue weighted by Gasteiger charge is 2.49. The fourth-order valence-electron chi connectivity index (χ4n) is 3.89. The van der Waals surface area contributed by atoms with E-state index in [1.165, 1.54) is 6.08 Å². The molecule has 6 heteroatoms. The largest absolute Gasteiger partial charge is 0.396 e. The van der Waals surface area contributed by atoms with E-state index in [0.29, 0.717) is 25.1 Å². The van der Waals surface area contributed by atoms with Crippen molar-refractivity contribution >= 4 is 0 Å². The summed E-state index contributed by atoms with van der Waals surface area (Å²) in [6, 6.07) is 1.46. The Bertz CT molecular complexity index is 559. The molecule has 1 unspecified atom stereocenters. The predicted molar refractivity (Wildman–Crippen MR) is 81.1 cm³/mol. The molecule has 0 bridgehead atoms. The molecule has 1 fully saturated rings. The predicted octanol–water partition coefficient (Wildman–Crippen LogP) is 3.77.